The lowest BCUT2D eigenvalue weighted by atomic mass is 9.77. The molecule has 0 spiro atoms. The maximum absolute atomic E-state index is 14.3. The molecule has 3 atom stereocenters. The van der Waals surface area contributed by atoms with Crippen LogP contribution in [-0.2, 0) is 22.6 Å². The fourth-order valence-corrected chi connectivity index (χ4v) is 7.03. The number of ether oxygens (including phenoxy) is 1. The molecule has 2 bridgehead atoms. The number of carbonyl (C=O) groups is 3. The number of barbiturate groups is 1. The van der Waals surface area contributed by atoms with Crippen molar-refractivity contribution in [3.63, 3.8) is 0 Å². The van der Waals surface area contributed by atoms with E-state index in [0.29, 0.717) is 31.1 Å². The molecule has 3 aromatic rings. The fraction of sp³-hybridized carbons (Fsp3) is 0.357. The van der Waals surface area contributed by atoms with Crippen LogP contribution in [0.4, 0.5) is 10.5 Å². The molecule has 5 heterocycles. The topological polar surface area (TPSA) is 101 Å². The van der Waals surface area contributed by atoms with Crippen molar-refractivity contribution in [2.24, 2.45) is 11.3 Å². The fourth-order valence-electron chi connectivity index (χ4n) is 6.21. The normalized spacial score (nSPS) is 25.2. The van der Waals surface area contributed by atoms with E-state index in [0.717, 1.165) is 21.9 Å². The van der Waals surface area contributed by atoms with Gasteiger partial charge in [-0.1, -0.05) is 12.1 Å². The number of benzene rings is 1. The number of rotatable bonds is 6. The Kier molecular flexibility index (Phi) is 6.16. The van der Waals surface area contributed by atoms with Gasteiger partial charge >= 0.3 is 6.03 Å². The summed E-state index contributed by atoms with van der Waals surface area (Å²) < 4.78 is 7.08. The Morgan fingerprint density at radius 3 is 2.55 bits per heavy atom. The maximum Gasteiger partial charge on any atom is 0.335 e. The summed E-state index contributed by atoms with van der Waals surface area (Å²) in [4.78, 5) is 57.5. The Morgan fingerprint density at radius 1 is 1.00 bits per heavy atom. The van der Waals surface area contributed by atoms with Gasteiger partial charge in [-0.05, 0) is 54.1 Å². The lowest BCUT2D eigenvalue weighted by molar-refractivity contribution is -0.144. The minimum Gasteiger partial charge on any atom is -0.497 e. The molecule has 38 heavy (non-hydrogen) atoms. The molecule has 2 fully saturated rings. The second-order valence-corrected chi connectivity index (χ2v) is 11.4. The van der Waals surface area contributed by atoms with E-state index >= 15 is 0 Å². The van der Waals surface area contributed by atoms with Gasteiger partial charge in [-0.2, -0.15) is 0 Å². The van der Waals surface area contributed by atoms with E-state index in [-0.39, 0.29) is 30.4 Å². The number of amides is 4. The largest absolute Gasteiger partial charge is 0.497 e. The first kappa shape index (κ1) is 24.6. The number of anilines is 1. The number of imide groups is 2. The number of nitrogens with zero attached hydrogens (tertiary/aromatic N) is 3. The Hall–Kier alpha value is -3.76. The third kappa shape index (κ3) is 4.13. The zero-order valence-electron chi connectivity index (χ0n) is 21.0. The van der Waals surface area contributed by atoms with Gasteiger partial charge in [-0.15, -0.1) is 11.3 Å². The lowest BCUT2D eigenvalue weighted by Crippen LogP contribution is -2.68. The first-order chi connectivity index (χ1) is 18.4. The number of hydrogen-bond acceptors (Lipinski definition) is 7. The van der Waals surface area contributed by atoms with E-state index in [1.54, 1.807) is 43.5 Å². The quantitative estimate of drug-likeness (QED) is 0.490. The average molecular weight is 533 g/mol. The van der Waals surface area contributed by atoms with Crippen LogP contribution in [0.1, 0.15) is 22.9 Å². The molecule has 0 unspecified atom stereocenters. The van der Waals surface area contributed by atoms with Gasteiger partial charge in [0.15, 0.2) is 0 Å². The maximum atomic E-state index is 14.3. The zero-order chi connectivity index (χ0) is 26.4. The molecule has 0 aliphatic carbocycles. The molecule has 10 heteroatoms. The number of methoxy groups -OCH3 is 1. The molecule has 4 amide bonds. The number of hydrogen-bond donors (Lipinski definition) is 1. The van der Waals surface area contributed by atoms with Gasteiger partial charge in [0.05, 0.1) is 12.8 Å². The summed E-state index contributed by atoms with van der Waals surface area (Å²) >= 11 is 1.48. The summed E-state index contributed by atoms with van der Waals surface area (Å²) in [6, 6.07) is 15.1. The highest BCUT2D eigenvalue weighted by atomic mass is 32.1. The lowest BCUT2D eigenvalue weighted by Gasteiger charge is -2.47. The Morgan fingerprint density at radius 2 is 1.82 bits per heavy atom. The van der Waals surface area contributed by atoms with Crippen LogP contribution in [0.3, 0.4) is 0 Å². The molecule has 0 saturated carbocycles. The standard InChI is InChI=1S/C28H28N4O5S/c1-37-21-9-7-20(8-10-21)32-26(35)28(25(34)29-27(32)36,13-22-4-3-11-38-22)17-30-14-18-12-19(16-30)23-5-2-6-24(33)31(23)15-18/h2-11,18-19H,12-17H2,1H3,(H,29,34,36)/t18-,19+,28-/m0/s1. The summed E-state index contributed by atoms with van der Waals surface area (Å²) in [5, 5.41) is 4.40. The Balaban J connectivity index is 1.36. The van der Waals surface area contributed by atoms with Crippen LogP contribution in [0.25, 0.3) is 0 Å². The molecule has 2 saturated heterocycles. The molecule has 6 rings (SSSR count). The number of piperidine rings is 1. The van der Waals surface area contributed by atoms with Crippen LogP contribution in [0, 0.1) is 11.3 Å². The van der Waals surface area contributed by atoms with Crippen LogP contribution in [0.5, 0.6) is 5.75 Å². The molecule has 9 nitrogen and oxygen atoms in total. The summed E-state index contributed by atoms with van der Waals surface area (Å²) in [7, 11) is 1.54. The molecule has 196 valence electrons. The van der Waals surface area contributed by atoms with E-state index in [4.69, 9.17) is 4.74 Å². The summed E-state index contributed by atoms with van der Waals surface area (Å²) in [6.45, 7) is 2.10. The van der Waals surface area contributed by atoms with Gasteiger partial charge in [0.2, 0.25) is 5.91 Å². The number of nitrogens with one attached hydrogen (secondary N) is 1. The number of fused-ring (bicyclic) bond motifs is 4. The van der Waals surface area contributed by atoms with Crippen molar-refractivity contribution in [3.8, 4) is 5.75 Å². The summed E-state index contributed by atoms with van der Waals surface area (Å²) in [5.41, 5.74) is -0.101. The third-order valence-corrected chi connectivity index (χ3v) is 8.78. The van der Waals surface area contributed by atoms with E-state index in [1.165, 1.54) is 11.3 Å². The van der Waals surface area contributed by atoms with Crippen molar-refractivity contribution >= 4 is 34.9 Å². The number of carbonyl (C=O) groups excluding carboxylic acids is 3. The summed E-state index contributed by atoms with van der Waals surface area (Å²) in [5.74, 6) is -0.133. The number of urea groups is 1. The van der Waals surface area contributed by atoms with E-state index < -0.39 is 23.3 Å². The van der Waals surface area contributed by atoms with Crippen molar-refractivity contribution < 1.29 is 19.1 Å². The SMILES string of the molecule is COc1ccc(N2C(=O)NC(=O)[C@](Cc3cccs3)(CN3C[C@@H]4C[C@H](C3)c3cccc(=O)n3C4)C2=O)cc1. The van der Waals surface area contributed by atoms with E-state index in [9.17, 15) is 19.2 Å². The molecule has 3 aliphatic rings. The predicted molar refractivity (Wildman–Crippen MR) is 142 cm³/mol. The van der Waals surface area contributed by atoms with Gasteiger partial charge in [0, 0.05) is 55.2 Å². The minimum absolute atomic E-state index is 0.00953. The van der Waals surface area contributed by atoms with Gasteiger partial charge in [-0.25, -0.2) is 9.69 Å². The van der Waals surface area contributed by atoms with Gasteiger partial charge in [0.1, 0.15) is 11.2 Å². The highest BCUT2D eigenvalue weighted by molar-refractivity contribution is 7.09. The predicted octanol–water partition coefficient (Wildman–Crippen LogP) is 2.85. The first-order valence-electron chi connectivity index (χ1n) is 12.7. The van der Waals surface area contributed by atoms with Gasteiger partial charge in [-0.3, -0.25) is 19.7 Å². The summed E-state index contributed by atoms with van der Waals surface area (Å²) in [6.07, 6.45) is 1.16. The second-order valence-electron chi connectivity index (χ2n) is 10.3. The van der Waals surface area contributed by atoms with E-state index in [2.05, 4.69) is 10.2 Å². The van der Waals surface area contributed by atoms with Gasteiger partial charge in [0.25, 0.3) is 11.5 Å². The van der Waals surface area contributed by atoms with Gasteiger partial charge < -0.3 is 14.2 Å². The molecule has 1 N–H and O–H groups in total. The number of pyridine rings is 1. The molecule has 3 aliphatic heterocycles. The molecular weight excluding hydrogens is 504 g/mol. The Bertz CT molecular complexity index is 1450. The highest BCUT2D eigenvalue weighted by Crippen LogP contribution is 2.39. The number of aromatic nitrogens is 1. The van der Waals surface area contributed by atoms with Crippen LogP contribution < -0.4 is 20.5 Å². The van der Waals surface area contributed by atoms with Crippen molar-refractivity contribution in [3.05, 3.63) is 80.9 Å². The average Bonchev–Trinajstić information content (AvgIpc) is 3.41. The second kappa shape index (κ2) is 9.52. The molecule has 1 aromatic carbocycles. The molecular formula is C28H28N4O5S. The number of thiophene rings is 1. The smallest absolute Gasteiger partial charge is 0.335 e. The van der Waals surface area contributed by atoms with E-state index in [1.807, 2.05) is 28.1 Å². The molecule has 0 radical (unpaired) electrons. The van der Waals surface area contributed by atoms with Crippen molar-refractivity contribution in [2.75, 3.05) is 31.6 Å². The van der Waals surface area contributed by atoms with Crippen LogP contribution in [0.2, 0.25) is 0 Å². The van der Waals surface area contributed by atoms with Crippen LogP contribution in [0.15, 0.2) is 64.8 Å². The van der Waals surface area contributed by atoms with Crippen molar-refractivity contribution in [2.45, 2.75) is 25.3 Å². The van der Waals surface area contributed by atoms with Crippen molar-refractivity contribution in [1.82, 2.24) is 14.8 Å². The third-order valence-electron chi connectivity index (χ3n) is 7.91. The molecule has 2 aromatic heterocycles. The van der Waals surface area contributed by atoms with Crippen molar-refractivity contribution in [1.29, 1.82) is 0 Å². The minimum atomic E-state index is -1.49. The van der Waals surface area contributed by atoms with Crippen LogP contribution >= 0.6 is 11.3 Å². The van der Waals surface area contributed by atoms with Crippen LogP contribution in [-0.4, -0.2) is 54.1 Å². The zero-order valence-corrected chi connectivity index (χ0v) is 21.8. The Labute approximate surface area is 223 Å². The first-order valence-corrected chi connectivity index (χ1v) is 13.5. The highest BCUT2D eigenvalue weighted by Gasteiger charge is 2.56. The monoisotopic (exact) mass is 532 g/mol. The number of likely N-dealkylation sites (tertiary alicyclic amines) is 1.